The standard InChI is InChI=1S/C19H16ClN3O2S/c1-11-3-6-14(9-12(11)2)21-10-16-17(24)22-19(26)23(18(16)25)15-7-4-13(20)5-8-15/h3-10,16H,1-2H3,(H,22,24,26)/t16-/m0/s1. The lowest BCUT2D eigenvalue weighted by molar-refractivity contribution is -0.130. The van der Waals surface area contributed by atoms with Gasteiger partial charge in [-0.2, -0.15) is 0 Å². The third kappa shape index (κ3) is 3.66. The first-order valence-electron chi connectivity index (χ1n) is 7.92. The first-order chi connectivity index (χ1) is 12.4. The number of halogens is 1. The van der Waals surface area contributed by atoms with Gasteiger partial charge in [0.25, 0.3) is 5.91 Å². The van der Waals surface area contributed by atoms with Crippen LogP contribution < -0.4 is 10.2 Å². The maximum atomic E-state index is 12.8. The van der Waals surface area contributed by atoms with Crippen LogP contribution in [0.1, 0.15) is 11.1 Å². The Kier molecular flexibility index (Phi) is 5.15. The van der Waals surface area contributed by atoms with Gasteiger partial charge in [-0.1, -0.05) is 17.7 Å². The normalized spacial score (nSPS) is 17.7. The number of carbonyl (C=O) groups is 2. The summed E-state index contributed by atoms with van der Waals surface area (Å²) in [5.41, 5.74) is 3.45. The van der Waals surface area contributed by atoms with Crippen molar-refractivity contribution in [2.45, 2.75) is 13.8 Å². The molecule has 26 heavy (non-hydrogen) atoms. The van der Waals surface area contributed by atoms with Gasteiger partial charge in [-0.25, -0.2) is 0 Å². The lowest BCUT2D eigenvalue weighted by Gasteiger charge is -2.30. The Morgan fingerprint density at radius 2 is 1.81 bits per heavy atom. The number of hydrogen-bond acceptors (Lipinski definition) is 4. The van der Waals surface area contributed by atoms with E-state index < -0.39 is 17.7 Å². The molecule has 3 rings (SSSR count). The van der Waals surface area contributed by atoms with Crippen molar-refractivity contribution in [3.05, 3.63) is 58.6 Å². The predicted molar refractivity (Wildman–Crippen MR) is 107 cm³/mol. The minimum absolute atomic E-state index is 0.0400. The van der Waals surface area contributed by atoms with Crippen molar-refractivity contribution in [1.29, 1.82) is 0 Å². The van der Waals surface area contributed by atoms with E-state index in [1.165, 1.54) is 11.1 Å². The number of benzene rings is 2. The van der Waals surface area contributed by atoms with Crippen LogP contribution >= 0.6 is 23.8 Å². The van der Waals surface area contributed by atoms with Gasteiger partial charge < -0.3 is 5.32 Å². The van der Waals surface area contributed by atoms with E-state index in [1.54, 1.807) is 24.3 Å². The molecule has 1 heterocycles. The highest BCUT2D eigenvalue weighted by atomic mass is 35.5. The SMILES string of the molecule is Cc1ccc(N=C[C@H]2C(=O)NC(=S)N(c3ccc(Cl)cc3)C2=O)cc1C. The number of carbonyl (C=O) groups excluding carboxylic acids is 2. The number of thiocarbonyl (C=S) groups is 1. The second-order valence-electron chi connectivity index (χ2n) is 5.97. The summed E-state index contributed by atoms with van der Waals surface area (Å²) in [7, 11) is 0. The van der Waals surface area contributed by atoms with Crippen LogP contribution in [0.15, 0.2) is 47.5 Å². The molecule has 7 heteroatoms. The van der Waals surface area contributed by atoms with Gasteiger partial charge in [0.1, 0.15) is 0 Å². The van der Waals surface area contributed by atoms with E-state index in [0.717, 1.165) is 11.1 Å². The fourth-order valence-electron chi connectivity index (χ4n) is 2.52. The fraction of sp³-hybridized carbons (Fsp3) is 0.158. The Hall–Kier alpha value is -2.57. The molecule has 1 fully saturated rings. The quantitative estimate of drug-likeness (QED) is 0.497. The molecule has 2 amide bonds. The molecule has 0 radical (unpaired) electrons. The first kappa shape index (κ1) is 18.2. The van der Waals surface area contributed by atoms with Gasteiger partial charge in [0.15, 0.2) is 11.0 Å². The highest BCUT2D eigenvalue weighted by Crippen LogP contribution is 2.23. The molecule has 0 unspecified atom stereocenters. The second kappa shape index (κ2) is 7.35. The third-order valence-corrected chi connectivity index (χ3v) is 4.69. The number of hydrogen-bond donors (Lipinski definition) is 1. The topological polar surface area (TPSA) is 61.8 Å². The average Bonchev–Trinajstić information content (AvgIpc) is 2.59. The van der Waals surface area contributed by atoms with Crippen LogP contribution in [0, 0.1) is 19.8 Å². The number of nitrogens with zero attached hydrogens (tertiary/aromatic N) is 2. The molecule has 0 bridgehead atoms. The summed E-state index contributed by atoms with van der Waals surface area (Å²) in [6.07, 6.45) is 1.35. The Morgan fingerprint density at radius 3 is 2.46 bits per heavy atom. The van der Waals surface area contributed by atoms with E-state index in [2.05, 4.69) is 10.3 Å². The lowest BCUT2D eigenvalue weighted by atomic mass is 10.1. The molecule has 0 aromatic heterocycles. The molecule has 0 spiro atoms. The third-order valence-electron chi connectivity index (χ3n) is 4.15. The number of aryl methyl sites for hydroxylation is 2. The minimum Gasteiger partial charge on any atom is -0.301 e. The van der Waals surface area contributed by atoms with Crippen molar-refractivity contribution in [3.63, 3.8) is 0 Å². The Morgan fingerprint density at radius 1 is 1.12 bits per heavy atom. The van der Waals surface area contributed by atoms with Gasteiger partial charge >= 0.3 is 0 Å². The van der Waals surface area contributed by atoms with Gasteiger partial charge in [0.2, 0.25) is 5.91 Å². The molecule has 2 aromatic carbocycles. The highest BCUT2D eigenvalue weighted by Gasteiger charge is 2.38. The Balaban J connectivity index is 1.88. The summed E-state index contributed by atoms with van der Waals surface area (Å²) >= 11 is 11.0. The van der Waals surface area contributed by atoms with Crippen LogP contribution in [0.4, 0.5) is 11.4 Å². The van der Waals surface area contributed by atoms with Crippen molar-refractivity contribution in [2.24, 2.45) is 10.9 Å². The lowest BCUT2D eigenvalue weighted by Crippen LogP contribution is -2.58. The van der Waals surface area contributed by atoms with Crippen molar-refractivity contribution in [2.75, 3.05) is 4.90 Å². The Labute approximate surface area is 161 Å². The maximum Gasteiger partial charge on any atom is 0.251 e. The summed E-state index contributed by atoms with van der Waals surface area (Å²) in [4.78, 5) is 30.6. The predicted octanol–water partition coefficient (Wildman–Crippen LogP) is 3.72. The number of anilines is 1. The van der Waals surface area contributed by atoms with Crippen LogP contribution in [0.25, 0.3) is 0 Å². The molecule has 0 saturated carbocycles. The van der Waals surface area contributed by atoms with Crippen LogP contribution in [0.3, 0.4) is 0 Å². The van der Waals surface area contributed by atoms with Gasteiger partial charge in [-0.3, -0.25) is 19.5 Å². The van der Waals surface area contributed by atoms with Crippen molar-refractivity contribution in [3.8, 4) is 0 Å². The molecule has 5 nitrogen and oxygen atoms in total. The molecular weight excluding hydrogens is 370 g/mol. The highest BCUT2D eigenvalue weighted by molar-refractivity contribution is 7.80. The number of aliphatic imine (C=N–C) groups is 1. The average molecular weight is 386 g/mol. The zero-order valence-electron chi connectivity index (χ0n) is 14.2. The molecule has 132 valence electrons. The van der Waals surface area contributed by atoms with E-state index in [-0.39, 0.29) is 5.11 Å². The largest absolute Gasteiger partial charge is 0.301 e. The van der Waals surface area contributed by atoms with E-state index in [1.807, 2.05) is 32.0 Å². The van der Waals surface area contributed by atoms with E-state index in [9.17, 15) is 9.59 Å². The molecule has 1 N–H and O–H groups in total. The molecule has 1 aliphatic heterocycles. The summed E-state index contributed by atoms with van der Waals surface area (Å²) in [6.45, 7) is 3.99. The van der Waals surface area contributed by atoms with Gasteiger partial charge in [0, 0.05) is 11.2 Å². The molecule has 1 aliphatic rings. The van der Waals surface area contributed by atoms with E-state index >= 15 is 0 Å². The van der Waals surface area contributed by atoms with Crippen molar-refractivity contribution in [1.82, 2.24) is 5.32 Å². The zero-order chi connectivity index (χ0) is 18.8. The van der Waals surface area contributed by atoms with Crippen molar-refractivity contribution >= 4 is 58.3 Å². The van der Waals surface area contributed by atoms with Gasteiger partial charge in [-0.05, 0) is 73.6 Å². The number of nitrogens with one attached hydrogen (secondary N) is 1. The molecule has 0 aliphatic carbocycles. The van der Waals surface area contributed by atoms with Crippen LogP contribution in [-0.2, 0) is 9.59 Å². The Bertz CT molecular complexity index is 925. The first-order valence-corrected chi connectivity index (χ1v) is 8.71. The second-order valence-corrected chi connectivity index (χ2v) is 6.79. The maximum absolute atomic E-state index is 12.8. The van der Waals surface area contributed by atoms with E-state index in [0.29, 0.717) is 16.4 Å². The van der Waals surface area contributed by atoms with Crippen LogP contribution in [0.5, 0.6) is 0 Å². The monoisotopic (exact) mass is 385 g/mol. The molecule has 1 saturated heterocycles. The summed E-state index contributed by atoms with van der Waals surface area (Å²) < 4.78 is 0. The molecule has 2 aromatic rings. The smallest absolute Gasteiger partial charge is 0.251 e. The zero-order valence-corrected chi connectivity index (χ0v) is 15.8. The molecule has 1 atom stereocenters. The summed E-state index contributed by atoms with van der Waals surface area (Å²) in [6, 6.07) is 12.3. The van der Waals surface area contributed by atoms with Crippen molar-refractivity contribution < 1.29 is 9.59 Å². The summed E-state index contributed by atoms with van der Waals surface area (Å²) in [5, 5.41) is 3.14. The van der Waals surface area contributed by atoms with Gasteiger partial charge in [-0.15, -0.1) is 0 Å². The van der Waals surface area contributed by atoms with Crippen LogP contribution in [0.2, 0.25) is 5.02 Å². The van der Waals surface area contributed by atoms with Crippen LogP contribution in [-0.4, -0.2) is 23.1 Å². The molecular formula is C19H16ClN3O2S. The summed E-state index contributed by atoms with van der Waals surface area (Å²) in [5.74, 6) is -1.99. The fourth-order valence-corrected chi connectivity index (χ4v) is 2.94. The van der Waals surface area contributed by atoms with E-state index in [4.69, 9.17) is 23.8 Å². The minimum atomic E-state index is -1.06. The van der Waals surface area contributed by atoms with Gasteiger partial charge in [0.05, 0.1) is 11.4 Å². The number of rotatable bonds is 3. The number of amides is 2.